The molecule has 0 unspecified atom stereocenters. The molecule has 3 nitrogen and oxygen atoms in total. The fourth-order valence-corrected chi connectivity index (χ4v) is 3.02. The van der Waals surface area contributed by atoms with Gasteiger partial charge in [-0.2, -0.15) is 0 Å². The van der Waals surface area contributed by atoms with Gasteiger partial charge in [0.25, 0.3) is 5.91 Å². The van der Waals surface area contributed by atoms with E-state index in [1.807, 2.05) is 18.0 Å². The lowest BCUT2D eigenvalue weighted by Gasteiger charge is -2.32. The van der Waals surface area contributed by atoms with Crippen LogP contribution in [0.1, 0.15) is 23.2 Å². The van der Waals surface area contributed by atoms with E-state index in [9.17, 15) is 4.79 Å². The molecule has 104 valence electrons. The van der Waals surface area contributed by atoms with Gasteiger partial charge < -0.3 is 10.2 Å². The molecule has 1 amide bonds. The summed E-state index contributed by atoms with van der Waals surface area (Å²) in [6.45, 7) is 2.65. The molecule has 1 aliphatic heterocycles. The van der Waals surface area contributed by atoms with Crippen molar-refractivity contribution in [3.8, 4) is 0 Å². The van der Waals surface area contributed by atoms with Crippen molar-refractivity contribution in [3.05, 3.63) is 33.3 Å². The number of benzene rings is 1. The van der Waals surface area contributed by atoms with Crippen LogP contribution in [0.3, 0.4) is 0 Å². The first-order valence-electron chi connectivity index (χ1n) is 6.50. The predicted molar refractivity (Wildman–Crippen MR) is 81.7 cm³/mol. The summed E-state index contributed by atoms with van der Waals surface area (Å²) in [7, 11) is 1.97. The summed E-state index contributed by atoms with van der Waals surface area (Å²) in [5.41, 5.74) is 0.586. The lowest BCUT2D eigenvalue weighted by molar-refractivity contribution is 0.0691. The molecule has 19 heavy (non-hydrogen) atoms. The first-order valence-corrected chi connectivity index (χ1v) is 7.68. The van der Waals surface area contributed by atoms with Crippen LogP contribution >= 0.6 is 27.5 Å². The number of halogens is 2. The second kappa shape index (κ2) is 6.73. The Labute approximate surface area is 127 Å². The summed E-state index contributed by atoms with van der Waals surface area (Å²) in [4.78, 5) is 14.3. The van der Waals surface area contributed by atoms with Crippen molar-refractivity contribution in [2.45, 2.75) is 12.8 Å². The van der Waals surface area contributed by atoms with Crippen molar-refractivity contribution in [2.75, 3.05) is 26.7 Å². The van der Waals surface area contributed by atoms with Gasteiger partial charge in [0.2, 0.25) is 0 Å². The number of nitrogens with one attached hydrogen (secondary N) is 1. The standard InChI is InChI=1S/C14H18BrClN2O/c1-17-9-10-4-6-18(7-5-10)14(19)12-8-11(15)2-3-13(12)16/h2-3,8,10,17H,4-7,9H2,1H3. The largest absolute Gasteiger partial charge is 0.339 e. The van der Waals surface area contributed by atoms with Gasteiger partial charge >= 0.3 is 0 Å². The van der Waals surface area contributed by atoms with Crippen LogP contribution < -0.4 is 5.32 Å². The number of nitrogens with zero attached hydrogens (tertiary/aromatic N) is 1. The Bertz CT molecular complexity index is 459. The summed E-state index contributed by atoms with van der Waals surface area (Å²) < 4.78 is 0.880. The SMILES string of the molecule is CNCC1CCN(C(=O)c2cc(Br)ccc2Cl)CC1. The van der Waals surface area contributed by atoms with Crippen LogP contribution in [0.25, 0.3) is 0 Å². The van der Waals surface area contributed by atoms with E-state index in [1.165, 1.54) is 0 Å². The fourth-order valence-electron chi connectivity index (χ4n) is 2.46. The number of likely N-dealkylation sites (tertiary alicyclic amines) is 1. The van der Waals surface area contributed by atoms with Crippen molar-refractivity contribution < 1.29 is 4.79 Å². The minimum atomic E-state index is 0.0363. The molecule has 0 aromatic heterocycles. The topological polar surface area (TPSA) is 32.3 Å². The zero-order valence-corrected chi connectivity index (χ0v) is 13.3. The van der Waals surface area contributed by atoms with Gasteiger partial charge in [0.1, 0.15) is 0 Å². The Hall–Kier alpha value is -0.580. The Balaban J connectivity index is 2.03. The van der Waals surface area contributed by atoms with Crippen LogP contribution in [0, 0.1) is 5.92 Å². The molecule has 0 atom stereocenters. The molecule has 1 saturated heterocycles. The number of carbonyl (C=O) groups excluding carboxylic acids is 1. The third kappa shape index (κ3) is 3.71. The minimum Gasteiger partial charge on any atom is -0.339 e. The Morgan fingerprint density at radius 2 is 2.16 bits per heavy atom. The summed E-state index contributed by atoms with van der Waals surface area (Å²) >= 11 is 9.49. The van der Waals surface area contributed by atoms with Gasteiger partial charge in [-0.05, 0) is 50.6 Å². The molecular weight excluding hydrogens is 328 g/mol. The molecule has 0 spiro atoms. The van der Waals surface area contributed by atoms with Gasteiger partial charge in [0.15, 0.2) is 0 Å². The predicted octanol–water partition coefficient (Wildman–Crippen LogP) is 3.17. The summed E-state index contributed by atoms with van der Waals surface area (Å²) in [6, 6.07) is 5.40. The van der Waals surface area contributed by atoms with Crippen molar-refractivity contribution in [3.63, 3.8) is 0 Å². The molecule has 1 aromatic carbocycles. The number of piperidine rings is 1. The van der Waals surface area contributed by atoms with Gasteiger partial charge in [-0.1, -0.05) is 27.5 Å². The molecule has 0 saturated carbocycles. The molecule has 1 heterocycles. The van der Waals surface area contributed by atoms with Crippen molar-refractivity contribution >= 4 is 33.4 Å². The lowest BCUT2D eigenvalue weighted by Crippen LogP contribution is -2.40. The smallest absolute Gasteiger partial charge is 0.255 e. The highest BCUT2D eigenvalue weighted by Crippen LogP contribution is 2.24. The van der Waals surface area contributed by atoms with E-state index >= 15 is 0 Å². The van der Waals surface area contributed by atoms with E-state index in [2.05, 4.69) is 21.2 Å². The average molecular weight is 346 g/mol. The maximum atomic E-state index is 12.4. The maximum absolute atomic E-state index is 12.4. The van der Waals surface area contributed by atoms with Gasteiger partial charge in [0.05, 0.1) is 10.6 Å². The van der Waals surface area contributed by atoms with Gasteiger partial charge in [-0.15, -0.1) is 0 Å². The maximum Gasteiger partial charge on any atom is 0.255 e. The highest BCUT2D eigenvalue weighted by molar-refractivity contribution is 9.10. The Kier molecular flexibility index (Phi) is 5.25. The minimum absolute atomic E-state index is 0.0363. The highest BCUT2D eigenvalue weighted by atomic mass is 79.9. The van der Waals surface area contributed by atoms with Crippen molar-refractivity contribution in [1.29, 1.82) is 0 Å². The molecular formula is C14H18BrClN2O. The number of carbonyl (C=O) groups is 1. The molecule has 0 bridgehead atoms. The third-order valence-electron chi connectivity index (χ3n) is 3.55. The Morgan fingerprint density at radius 1 is 1.47 bits per heavy atom. The lowest BCUT2D eigenvalue weighted by atomic mass is 9.96. The molecule has 1 N–H and O–H groups in total. The van der Waals surface area contributed by atoms with Crippen LogP contribution in [0.5, 0.6) is 0 Å². The molecule has 1 fully saturated rings. The Morgan fingerprint density at radius 3 is 2.79 bits per heavy atom. The summed E-state index contributed by atoms with van der Waals surface area (Å²) in [5.74, 6) is 0.709. The van der Waals surface area contributed by atoms with E-state index in [0.717, 1.165) is 36.9 Å². The van der Waals surface area contributed by atoms with Crippen LogP contribution in [0.4, 0.5) is 0 Å². The van der Waals surface area contributed by atoms with Crippen LogP contribution in [0.2, 0.25) is 5.02 Å². The molecule has 2 rings (SSSR count). The fraction of sp³-hybridized carbons (Fsp3) is 0.500. The summed E-state index contributed by atoms with van der Waals surface area (Å²) in [5, 5.41) is 3.72. The average Bonchev–Trinajstić information content (AvgIpc) is 2.42. The number of hydrogen-bond donors (Lipinski definition) is 1. The van der Waals surface area contributed by atoms with Crippen LogP contribution in [-0.2, 0) is 0 Å². The van der Waals surface area contributed by atoms with E-state index in [4.69, 9.17) is 11.6 Å². The van der Waals surface area contributed by atoms with Gasteiger partial charge in [-0.25, -0.2) is 0 Å². The number of rotatable bonds is 3. The molecule has 0 aliphatic carbocycles. The normalized spacial score (nSPS) is 16.7. The summed E-state index contributed by atoms with van der Waals surface area (Å²) in [6.07, 6.45) is 2.11. The van der Waals surface area contributed by atoms with Gasteiger partial charge in [-0.3, -0.25) is 4.79 Å². The second-order valence-electron chi connectivity index (χ2n) is 4.92. The molecule has 1 aliphatic rings. The van der Waals surface area contributed by atoms with Crippen molar-refractivity contribution in [1.82, 2.24) is 10.2 Å². The van der Waals surface area contributed by atoms with Crippen LogP contribution in [0.15, 0.2) is 22.7 Å². The van der Waals surface area contributed by atoms with Gasteiger partial charge in [0, 0.05) is 17.6 Å². The number of hydrogen-bond acceptors (Lipinski definition) is 2. The molecule has 5 heteroatoms. The van der Waals surface area contributed by atoms with Crippen molar-refractivity contribution in [2.24, 2.45) is 5.92 Å². The van der Waals surface area contributed by atoms with Crippen LogP contribution in [-0.4, -0.2) is 37.5 Å². The highest BCUT2D eigenvalue weighted by Gasteiger charge is 2.24. The zero-order chi connectivity index (χ0) is 13.8. The van der Waals surface area contributed by atoms with E-state index in [-0.39, 0.29) is 5.91 Å². The quantitative estimate of drug-likeness (QED) is 0.912. The third-order valence-corrected chi connectivity index (χ3v) is 4.38. The van der Waals surface area contributed by atoms with E-state index < -0.39 is 0 Å². The first kappa shape index (κ1) is 14.8. The number of amides is 1. The second-order valence-corrected chi connectivity index (χ2v) is 6.24. The zero-order valence-electron chi connectivity index (χ0n) is 11.0. The molecule has 0 radical (unpaired) electrons. The van der Waals surface area contributed by atoms with E-state index in [1.54, 1.807) is 12.1 Å². The molecule has 1 aromatic rings. The first-order chi connectivity index (χ1) is 9.11. The monoisotopic (exact) mass is 344 g/mol. The van der Waals surface area contributed by atoms with E-state index in [0.29, 0.717) is 16.5 Å².